The van der Waals surface area contributed by atoms with Crippen molar-refractivity contribution in [3.63, 3.8) is 0 Å². The van der Waals surface area contributed by atoms with Crippen LogP contribution >= 0.6 is 11.8 Å². The van der Waals surface area contributed by atoms with E-state index in [1.54, 1.807) is 11.8 Å². The number of aliphatic hydroxyl groups excluding tert-OH is 1. The van der Waals surface area contributed by atoms with E-state index in [0.717, 1.165) is 25.2 Å². The molecule has 0 spiro atoms. The normalized spacial score (nSPS) is 13.6. The number of thioether (sulfide) groups is 1. The summed E-state index contributed by atoms with van der Waals surface area (Å²) in [6.07, 6.45) is 3.68. The van der Waals surface area contributed by atoms with Crippen LogP contribution in [-0.4, -0.2) is 36.4 Å². The van der Waals surface area contributed by atoms with Crippen LogP contribution in [0.4, 0.5) is 0 Å². The van der Waals surface area contributed by atoms with Gasteiger partial charge in [0.05, 0.1) is 6.10 Å². The van der Waals surface area contributed by atoms with Crippen molar-refractivity contribution in [2.45, 2.75) is 32.8 Å². The van der Waals surface area contributed by atoms with Crippen molar-refractivity contribution in [2.75, 3.05) is 25.2 Å². The van der Waals surface area contributed by atoms with Gasteiger partial charge in [-0.05, 0) is 25.0 Å². The quantitative estimate of drug-likeness (QED) is 0.617. The molecule has 0 aliphatic carbocycles. The molecular formula is C10H22O2S. The highest BCUT2D eigenvalue weighted by Crippen LogP contribution is 2.03. The molecule has 0 heterocycles. The van der Waals surface area contributed by atoms with Crippen LogP contribution in [0.2, 0.25) is 0 Å². The lowest BCUT2D eigenvalue weighted by atomic mass is 10.1. The number of rotatable bonds is 8. The second kappa shape index (κ2) is 8.85. The second-order valence-corrected chi connectivity index (χ2v) is 4.60. The Balaban J connectivity index is 3.06. The molecule has 3 heteroatoms. The molecule has 0 aromatic carbocycles. The molecule has 0 aliphatic heterocycles. The summed E-state index contributed by atoms with van der Waals surface area (Å²) in [5.41, 5.74) is 0. The molecule has 2 nitrogen and oxygen atoms in total. The summed E-state index contributed by atoms with van der Waals surface area (Å²) in [6.45, 7) is 5.88. The topological polar surface area (TPSA) is 29.5 Å². The summed E-state index contributed by atoms with van der Waals surface area (Å²) in [5, 5.41) is 9.36. The van der Waals surface area contributed by atoms with E-state index in [-0.39, 0.29) is 6.10 Å². The second-order valence-electron chi connectivity index (χ2n) is 3.69. The van der Waals surface area contributed by atoms with Crippen molar-refractivity contribution in [1.29, 1.82) is 0 Å². The Labute approximate surface area is 86.1 Å². The molecule has 13 heavy (non-hydrogen) atoms. The van der Waals surface area contributed by atoms with E-state index in [9.17, 15) is 5.11 Å². The largest absolute Gasteiger partial charge is 0.392 e. The minimum absolute atomic E-state index is 0.200. The predicted octanol–water partition coefficient (Wildman–Crippen LogP) is 2.16. The Morgan fingerprint density at radius 1 is 1.23 bits per heavy atom. The summed E-state index contributed by atoms with van der Waals surface area (Å²) < 4.78 is 5.39. The van der Waals surface area contributed by atoms with Crippen LogP contribution in [0, 0.1) is 5.92 Å². The van der Waals surface area contributed by atoms with Crippen molar-refractivity contribution in [3.8, 4) is 0 Å². The van der Waals surface area contributed by atoms with Gasteiger partial charge in [-0.3, -0.25) is 0 Å². The fourth-order valence-electron chi connectivity index (χ4n) is 0.916. The van der Waals surface area contributed by atoms with Crippen molar-refractivity contribution in [2.24, 2.45) is 5.92 Å². The molecule has 0 aromatic heterocycles. The number of ether oxygens (including phenoxy) is 1. The van der Waals surface area contributed by atoms with E-state index in [2.05, 4.69) is 13.8 Å². The minimum Gasteiger partial charge on any atom is -0.392 e. The third-order valence-corrected chi connectivity index (χ3v) is 2.51. The Morgan fingerprint density at radius 3 is 2.38 bits per heavy atom. The molecule has 0 saturated heterocycles. The molecule has 1 atom stereocenters. The zero-order valence-electron chi connectivity index (χ0n) is 8.95. The molecule has 0 saturated carbocycles. The molecular weight excluding hydrogens is 184 g/mol. The van der Waals surface area contributed by atoms with Crippen LogP contribution in [0.5, 0.6) is 0 Å². The molecule has 0 rings (SSSR count). The number of aliphatic hydroxyl groups is 1. The van der Waals surface area contributed by atoms with Gasteiger partial charge >= 0.3 is 0 Å². The van der Waals surface area contributed by atoms with Gasteiger partial charge in [0.15, 0.2) is 0 Å². The first kappa shape index (κ1) is 13.3. The van der Waals surface area contributed by atoms with Gasteiger partial charge in [-0.15, -0.1) is 0 Å². The molecule has 80 valence electrons. The first-order valence-corrected chi connectivity index (χ1v) is 6.31. The SMILES string of the molecule is CSCC(O)CCOCCC(C)C. The summed E-state index contributed by atoms with van der Waals surface area (Å²) in [6, 6.07) is 0. The highest BCUT2D eigenvalue weighted by molar-refractivity contribution is 7.98. The molecule has 0 aromatic rings. The summed E-state index contributed by atoms with van der Waals surface area (Å²) in [4.78, 5) is 0. The van der Waals surface area contributed by atoms with E-state index >= 15 is 0 Å². The molecule has 0 radical (unpaired) electrons. The van der Waals surface area contributed by atoms with E-state index in [1.165, 1.54) is 0 Å². The van der Waals surface area contributed by atoms with Gasteiger partial charge in [0.2, 0.25) is 0 Å². The number of hydrogen-bond acceptors (Lipinski definition) is 3. The van der Waals surface area contributed by atoms with E-state index in [4.69, 9.17) is 4.74 Å². The van der Waals surface area contributed by atoms with Crippen molar-refractivity contribution in [3.05, 3.63) is 0 Å². The third-order valence-electron chi connectivity index (χ3n) is 1.79. The summed E-state index contributed by atoms with van der Waals surface area (Å²) in [7, 11) is 0. The van der Waals surface area contributed by atoms with Gasteiger partial charge in [-0.2, -0.15) is 11.8 Å². The molecule has 1 unspecified atom stereocenters. The van der Waals surface area contributed by atoms with Crippen molar-refractivity contribution < 1.29 is 9.84 Å². The van der Waals surface area contributed by atoms with Gasteiger partial charge < -0.3 is 9.84 Å². The van der Waals surface area contributed by atoms with Crippen LogP contribution < -0.4 is 0 Å². The number of hydrogen-bond donors (Lipinski definition) is 1. The Bertz CT molecular complexity index is 107. The molecule has 0 aliphatic rings. The van der Waals surface area contributed by atoms with Crippen LogP contribution in [-0.2, 0) is 4.74 Å². The first-order chi connectivity index (χ1) is 6.16. The van der Waals surface area contributed by atoms with Gasteiger partial charge in [-0.1, -0.05) is 13.8 Å². The smallest absolute Gasteiger partial charge is 0.0652 e. The fourth-order valence-corrected chi connectivity index (χ4v) is 1.47. The third kappa shape index (κ3) is 10.2. The molecule has 0 amide bonds. The Kier molecular flexibility index (Phi) is 9.03. The van der Waals surface area contributed by atoms with Gasteiger partial charge in [0, 0.05) is 19.0 Å². The van der Waals surface area contributed by atoms with Crippen molar-refractivity contribution >= 4 is 11.8 Å². The van der Waals surface area contributed by atoms with E-state index in [0.29, 0.717) is 12.5 Å². The average molecular weight is 206 g/mol. The van der Waals surface area contributed by atoms with Gasteiger partial charge in [0.1, 0.15) is 0 Å². The Hall–Kier alpha value is 0.270. The average Bonchev–Trinajstić information content (AvgIpc) is 2.03. The zero-order chi connectivity index (χ0) is 10.1. The minimum atomic E-state index is -0.200. The van der Waals surface area contributed by atoms with Crippen molar-refractivity contribution in [1.82, 2.24) is 0 Å². The molecule has 1 N–H and O–H groups in total. The van der Waals surface area contributed by atoms with Crippen LogP contribution in [0.3, 0.4) is 0 Å². The lowest BCUT2D eigenvalue weighted by Crippen LogP contribution is -2.13. The monoisotopic (exact) mass is 206 g/mol. The standard InChI is InChI=1S/C10H22O2S/c1-9(2)4-6-12-7-5-10(11)8-13-3/h9-11H,4-8H2,1-3H3. The highest BCUT2D eigenvalue weighted by atomic mass is 32.2. The van der Waals surface area contributed by atoms with Crippen LogP contribution in [0.15, 0.2) is 0 Å². The highest BCUT2D eigenvalue weighted by Gasteiger charge is 2.02. The van der Waals surface area contributed by atoms with Crippen LogP contribution in [0.1, 0.15) is 26.7 Å². The van der Waals surface area contributed by atoms with E-state index < -0.39 is 0 Å². The maximum atomic E-state index is 9.36. The molecule has 0 bridgehead atoms. The first-order valence-electron chi connectivity index (χ1n) is 4.91. The Morgan fingerprint density at radius 2 is 1.85 bits per heavy atom. The summed E-state index contributed by atoms with van der Waals surface area (Å²) in [5.74, 6) is 1.52. The molecule has 0 fully saturated rings. The predicted molar refractivity (Wildman–Crippen MR) is 59.3 cm³/mol. The van der Waals surface area contributed by atoms with Crippen LogP contribution in [0.25, 0.3) is 0 Å². The maximum Gasteiger partial charge on any atom is 0.0652 e. The van der Waals surface area contributed by atoms with Gasteiger partial charge in [0.25, 0.3) is 0 Å². The summed E-state index contributed by atoms with van der Waals surface area (Å²) >= 11 is 1.67. The maximum absolute atomic E-state index is 9.36. The lowest BCUT2D eigenvalue weighted by molar-refractivity contribution is 0.0850. The zero-order valence-corrected chi connectivity index (χ0v) is 9.77. The van der Waals surface area contributed by atoms with Gasteiger partial charge in [-0.25, -0.2) is 0 Å². The lowest BCUT2D eigenvalue weighted by Gasteiger charge is -2.09. The van der Waals surface area contributed by atoms with E-state index in [1.807, 2.05) is 6.26 Å². The fraction of sp³-hybridized carbons (Fsp3) is 1.00.